The number of pyridine rings is 1. The van der Waals surface area contributed by atoms with Crippen LogP contribution in [-0.4, -0.2) is 15.3 Å². The summed E-state index contributed by atoms with van der Waals surface area (Å²) in [5.41, 5.74) is 3.97. The first kappa shape index (κ1) is 14.8. The quantitative estimate of drug-likeness (QED) is 0.803. The first-order chi connectivity index (χ1) is 11.2. The van der Waals surface area contributed by atoms with Crippen LogP contribution in [0.4, 0.5) is 5.69 Å². The molecule has 2 aromatic heterocycles. The van der Waals surface area contributed by atoms with Gasteiger partial charge in [-0.25, -0.2) is 4.98 Å². The molecule has 0 fully saturated rings. The van der Waals surface area contributed by atoms with Gasteiger partial charge in [0.1, 0.15) is 11.3 Å². The highest BCUT2D eigenvalue weighted by atomic mass is 16.1. The molecule has 2 heterocycles. The van der Waals surface area contributed by atoms with Crippen molar-refractivity contribution in [2.45, 2.75) is 19.8 Å². The lowest BCUT2D eigenvalue weighted by Gasteiger charge is -2.08. The fourth-order valence-electron chi connectivity index (χ4n) is 2.44. The molecule has 1 N–H and O–H groups in total. The minimum absolute atomic E-state index is 0.204. The molecule has 3 rings (SSSR count). The molecule has 0 bridgehead atoms. The molecule has 114 valence electrons. The molecule has 5 nitrogen and oxygen atoms in total. The molecule has 0 saturated carbocycles. The van der Waals surface area contributed by atoms with Gasteiger partial charge >= 0.3 is 0 Å². The number of hydrogen-bond acceptors (Lipinski definition) is 3. The molecule has 1 aromatic carbocycles. The van der Waals surface area contributed by atoms with Crippen LogP contribution in [0.25, 0.3) is 5.65 Å². The van der Waals surface area contributed by atoms with Crippen LogP contribution in [0.5, 0.6) is 0 Å². The second-order valence-electron chi connectivity index (χ2n) is 5.34. The molecule has 23 heavy (non-hydrogen) atoms. The van der Waals surface area contributed by atoms with Crippen LogP contribution in [0, 0.1) is 18.3 Å². The van der Waals surface area contributed by atoms with Crippen LogP contribution >= 0.6 is 0 Å². The smallest absolute Gasteiger partial charge is 0.274 e. The Bertz CT molecular complexity index is 905. The van der Waals surface area contributed by atoms with Gasteiger partial charge in [-0.2, -0.15) is 5.26 Å². The summed E-state index contributed by atoms with van der Waals surface area (Å²) in [6, 6.07) is 13.6. The van der Waals surface area contributed by atoms with Gasteiger partial charge in [-0.3, -0.25) is 9.20 Å². The van der Waals surface area contributed by atoms with Gasteiger partial charge in [0.15, 0.2) is 0 Å². The molecule has 0 aliphatic rings. The van der Waals surface area contributed by atoms with E-state index >= 15 is 0 Å². The van der Waals surface area contributed by atoms with Crippen LogP contribution in [-0.2, 0) is 6.42 Å². The monoisotopic (exact) mass is 304 g/mol. The van der Waals surface area contributed by atoms with E-state index in [1.807, 2.05) is 49.5 Å². The molecule has 0 aliphatic heterocycles. The van der Waals surface area contributed by atoms with Gasteiger partial charge in [0.25, 0.3) is 5.91 Å². The fraction of sp³-hybridized carbons (Fsp3) is 0.167. The SMILES string of the molecule is Cc1ccccc1NC(=O)c1cnc2ccc(CCC#N)cn12. The number of fused-ring (bicyclic) bond motifs is 1. The number of rotatable bonds is 4. The highest BCUT2D eigenvalue weighted by molar-refractivity contribution is 6.03. The lowest BCUT2D eigenvalue weighted by Crippen LogP contribution is -2.15. The van der Waals surface area contributed by atoms with Crippen molar-refractivity contribution in [1.29, 1.82) is 5.26 Å². The second kappa shape index (κ2) is 6.32. The third-order valence-electron chi connectivity index (χ3n) is 3.72. The first-order valence-electron chi connectivity index (χ1n) is 7.39. The van der Waals surface area contributed by atoms with Crippen molar-refractivity contribution >= 4 is 17.2 Å². The Morgan fingerprint density at radius 1 is 1.30 bits per heavy atom. The van der Waals surface area contributed by atoms with Crippen LogP contribution in [0.2, 0.25) is 0 Å². The van der Waals surface area contributed by atoms with Gasteiger partial charge in [-0.15, -0.1) is 0 Å². The fourth-order valence-corrected chi connectivity index (χ4v) is 2.44. The van der Waals surface area contributed by atoms with Crippen molar-refractivity contribution in [1.82, 2.24) is 9.38 Å². The zero-order chi connectivity index (χ0) is 16.2. The lowest BCUT2D eigenvalue weighted by atomic mass is 10.2. The maximum Gasteiger partial charge on any atom is 0.274 e. The van der Waals surface area contributed by atoms with Crippen LogP contribution < -0.4 is 5.32 Å². The normalized spacial score (nSPS) is 10.4. The van der Waals surface area contributed by atoms with Crippen molar-refractivity contribution in [3.63, 3.8) is 0 Å². The molecule has 1 amide bonds. The van der Waals surface area contributed by atoms with Crippen molar-refractivity contribution < 1.29 is 4.79 Å². The standard InChI is InChI=1S/C18H16N4O/c1-13-5-2-3-7-15(13)21-18(23)16-11-20-17-9-8-14(6-4-10-19)12-22(16)17/h2-3,5,7-9,11-12H,4,6H2,1H3,(H,21,23). The van der Waals surface area contributed by atoms with E-state index in [1.165, 1.54) is 0 Å². The lowest BCUT2D eigenvalue weighted by molar-refractivity contribution is 0.102. The predicted molar refractivity (Wildman–Crippen MR) is 88.3 cm³/mol. The largest absolute Gasteiger partial charge is 0.320 e. The summed E-state index contributed by atoms with van der Waals surface area (Å²) in [6.07, 6.45) is 4.54. The summed E-state index contributed by atoms with van der Waals surface area (Å²) in [5.74, 6) is -0.204. The number of imidazole rings is 1. The molecular formula is C18H16N4O. The van der Waals surface area contributed by atoms with Gasteiger partial charge in [-0.05, 0) is 36.6 Å². The average Bonchev–Trinajstić information content (AvgIpc) is 2.98. The maximum absolute atomic E-state index is 12.5. The second-order valence-corrected chi connectivity index (χ2v) is 5.34. The number of para-hydroxylation sites is 1. The third kappa shape index (κ3) is 3.06. The Kier molecular flexibility index (Phi) is 4.07. The average molecular weight is 304 g/mol. The van der Waals surface area contributed by atoms with Crippen molar-refractivity contribution in [2.24, 2.45) is 0 Å². The maximum atomic E-state index is 12.5. The number of aryl methyl sites for hydroxylation is 2. The number of carbonyl (C=O) groups is 1. The zero-order valence-electron chi connectivity index (χ0n) is 12.8. The summed E-state index contributed by atoms with van der Waals surface area (Å²) >= 11 is 0. The van der Waals surface area contributed by atoms with Gasteiger partial charge in [0.05, 0.1) is 12.3 Å². The summed E-state index contributed by atoms with van der Waals surface area (Å²) in [7, 11) is 0. The summed E-state index contributed by atoms with van der Waals surface area (Å²) < 4.78 is 1.76. The number of amides is 1. The Hall–Kier alpha value is -3.13. The summed E-state index contributed by atoms with van der Waals surface area (Å²) in [6.45, 7) is 1.95. The Balaban J connectivity index is 1.91. The number of aromatic nitrogens is 2. The van der Waals surface area contributed by atoms with E-state index in [4.69, 9.17) is 5.26 Å². The van der Waals surface area contributed by atoms with Gasteiger partial charge in [-0.1, -0.05) is 24.3 Å². The van der Waals surface area contributed by atoms with E-state index in [0.29, 0.717) is 24.2 Å². The number of nitriles is 1. The molecule has 5 heteroatoms. The van der Waals surface area contributed by atoms with Gasteiger partial charge in [0.2, 0.25) is 0 Å². The Labute approximate surface area is 134 Å². The third-order valence-corrected chi connectivity index (χ3v) is 3.72. The summed E-state index contributed by atoms with van der Waals surface area (Å²) in [5, 5.41) is 11.6. The van der Waals surface area contributed by atoms with Crippen molar-refractivity contribution in [3.05, 3.63) is 65.6 Å². The highest BCUT2D eigenvalue weighted by Gasteiger charge is 2.13. The van der Waals surface area contributed by atoms with Crippen LogP contribution in [0.3, 0.4) is 0 Å². The molecule has 0 radical (unpaired) electrons. The van der Waals surface area contributed by atoms with E-state index in [0.717, 1.165) is 16.8 Å². The molecule has 3 aromatic rings. The minimum Gasteiger partial charge on any atom is -0.320 e. The molecule has 0 saturated heterocycles. The first-order valence-corrected chi connectivity index (χ1v) is 7.39. The van der Waals surface area contributed by atoms with Gasteiger partial charge in [0, 0.05) is 18.3 Å². The zero-order valence-corrected chi connectivity index (χ0v) is 12.8. The van der Waals surface area contributed by atoms with Crippen molar-refractivity contribution in [3.8, 4) is 6.07 Å². The number of hydrogen-bond donors (Lipinski definition) is 1. The number of nitrogens with one attached hydrogen (secondary N) is 1. The Morgan fingerprint density at radius 2 is 2.13 bits per heavy atom. The molecular weight excluding hydrogens is 288 g/mol. The molecule has 0 aliphatic carbocycles. The summed E-state index contributed by atoms with van der Waals surface area (Å²) in [4.78, 5) is 16.8. The van der Waals surface area contributed by atoms with E-state index in [2.05, 4.69) is 16.4 Å². The van der Waals surface area contributed by atoms with E-state index < -0.39 is 0 Å². The van der Waals surface area contributed by atoms with E-state index in [9.17, 15) is 4.79 Å². The molecule has 0 atom stereocenters. The van der Waals surface area contributed by atoms with Crippen LogP contribution in [0.1, 0.15) is 28.0 Å². The number of carbonyl (C=O) groups excluding carboxylic acids is 1. The topological polar surface area (TPSA) is 70.2 Å². The van der Waals surface area contributed by atoms with Gasteiger partial charge < -0.3 is 5.32 Å². The highest BCUT2D eigenvalue weighted by Crippen LogP contribution is 2.16. The molecule has 0 spiro atoms. The number of anilines is 1. The van der Waals surface area contributed by atoms with E-state index in [-0.39, 0.29) is 5.91 Å². The van der Waals surface area contributed by atoms with Crippen molar-refractivity contribution in [2.75, 3.05) is 5.32 Å². The van der Waals surface area contributed by atoms with Crippen LogP contribution in [0.15, 0.2) is 48.8 Å². The number of benzene rings is 1. The molecule has 0 unspecified atom stereocenters. The predicted octanol–water partition coefficient (Wildman–Crippen LogP) is 3.35. The number of nitrogens with zero attached hydrogens (tertiary/aromatic N) is 3. The van der Waals surface area contributed by atoms with E-state index in [1.54, 1.807) is 10.6 Å². The Morgan fingerprint density at radius 3 is 2.91 bits per heavy atom. The minimum atomic E-state index is -0.204.